The molecule has 1 aliphatic heterocycles. The second-order valence-corrected chi connectivity index (χ2v) is 4.54. The van der Waals surface area contributed by atoms with Crippen molar-refractivity contribution in [1.29, 1.82) is 0 Å². The van der Waals surface area contributed by atoms with Gasteiger partial charge in [-0.25, -0.2) is 0 Å². The first kappa shape index (κ1) is 13.3. The summed E-state index contributed by atoms with van der Waals surface area (Å²) < 4.78 is 37.9. The summed E-state index contributed by atoms with van der Waals surface area (Å²) in [4.78, 5) is 0. The number of hydrogen-bond donors (Lipinski definition) is 1. The second kappa shape index (κ2) is 5.69. The number of alkyl halides is 3. The van der Waals surface area contributed by atoms with Gasteiger partial charge in [0.15, 0.2) is 0 Å². The second-order valence-electron chi connectivity index (χ2n) is 4.54. The molecule has 0 saturated carbocycles. The number of hydrogen-bond acceptors (Lipinski definition) is 3. The van der Waals surface area contributed by atoms with E-state index in [4.69, 9.17) is 0 Å². The van der Waals surface area contributed by atoms with E-state index in [2.05, 4.69) is 20.1 Å². The third-order valence-electron chi connectivity index (χ3n) is 3.03. The number of fused-ring (bicyclic) bond motifs is 1. The largest absolute Gasteiger partial charge is 0.389 e. The monoisotopic (exact) mass is 262 g/mol. The van der Waals surface area contributed by atoms with Crippen molar-refractivity contribution in [3.05, 3.63) is 11.6 Å². The van der Waals surface area contributed by atoms with Crippen molar-refractivity contribution >= 4 is 0 Å². The van der Waals surface area contributed by atoms with E-state index in [0.717, 1.165) is 37.5 Å². The SMILES string of the molecule is FC(F)(F)CCCNCc1nnc2n1CCCC2. The molecule has 18 heavy (non-hydrogen) atoms. The van der Waals surface area contributed by atoms with Crippen molar-refractivity contribution in [3.8, 4) is 0 Å². The number of aromatic nitrogens is 3. The highest BCUT2D eigenvalue weighted by molar-refractivity contribution is 4.98. The maximum Gasteiger partial charge on any atom is 0.389 e. The van der Waals surface area contributed by atoms with Crippen molar-refractivity contribution < 1.29 is 13.2 Å². The van der Waals surface area contributed by atoms with Gasteiger partial charge in [0.2, 0.25) is 0 Å². The molecule has 0 saturated heterocycles. The molecule has 4 nitrogen and oxygen atoms in total. The van der Waals surface area contributed by atoms with Gasteiger partial charge in [-0.3, -0.25) is 0 Å². The molecule has 0 amide bonds. The van der Waals surface area contributed by atoms with Crippen LogP contribution in [0.4, 0.5) is 13.2 Å². The van der Waals surface area contributed by atoms with Crippen LogP contribution in [0.3, 0.4) is 0 Å². The van der Waals surface area contributed by atoms with Crippen LogP contribution >= 0.6 is 0 Å². The third kappa shape index (κ3) is 3.69. The van der Waals surface area contributed by atoms with Crippen LogP contribution in [0, 0.1) is 0 Å². The molecule has 0 aliphatic carbocycles. The molecule has 0 aromatic carbocycles. The Kier molecular flexibility index (Phi) is 4.21. The molecule has 1 N–H and O–H groups in total. The Morgan fingerprint density at radius 2 is 2.06 bits per heavy atom. The number of halogens is 3. The zero-order chi connectivity index (χ0) is 13.0. The van der Waals surface area contributed by atoms with Crippen LogP contribution in [-0.2, 0) is 19.5 Å². The number of nitrogens with one attached hydrogen (secondary N) is 1. The van der Waals surface area contributed by atoms with Crippen molar-refractivity contribution in [2.45, 2.75) is 51.4 Å². The summed E-state index contributed by atoms with van der Waals surface area (Å²) in [6.07, 6.45) is -1.50. The fourth-order valence-electron chi connectivity index (χ4n) is 2.11. The maximum atomic E-state index is 11.9. The summed E-state index contributed by atoms with van der Waals surface area (Å²) >= 11 is 0. The fraction of sp³-hybridized carbons (Fsp3) is 0.818. The average molecular weight is 262 g/mol. The van der Waals surface area contributed by atoms with Gasteiger partial charge in [-0.1, -0.05) is 0 Å². The van der Waals surface area contributed by atoms with Crippen LogP contribution in [0.25, 0.3) is 0 Å². The van der Waals surface area contributed by atoms with Gasteiger partial charge in [-0.2, -0.15) is 13.2 Å². The molecule has 1 aromatic rings. The lowest BCUT2D eigenvalue weighted by molar-refractivity contribution is -0.135. The summed E-state index contributed by atoms with van der Waals surface area (Å²) in [5.41, 5.74) is 0. The molecular weight excluding hydrogens is 245 g/mol. The Hall–Kier alpha value is -1.11. The molecule has 0 spiro atoms. The van der Waals surface area contributed by atoms with E-state index in [0.29, 0.717) is 13.1 Å². The first-order valence-corrected chi connectivity index (χ1v) is 6.25. The topological polar surface area (TPSA) is 42.7 Å². The van der Waals surface area contributed by atoms with Crippen LogP contribution in [0.15, 0.2) is 0 Å². The lowest BCUT2D eigenvalue weighted by Gasteiger charge is -2.14. The van der Waals surface area contributed by atoms with Gasteiger partial charge < -0.3 is 9.88 Å². The smallest absolute Gasteiger partial charge is 0.314 e. The van der Waals surface area contributed by atoms with Crippen molar-refractivity contribution in [3.63, 3.8) is 0 Å². The van der Waals surface area contributed by atoms with Crippen LogP contribution in [0.1, 0.15) is 37.3 Å². The number of nitrogens with zero attached hydrogens (tertiary/aromatic N) is 3. The Morgan fingerprint density at radius 1 is 1.22 bits per heavy atom. The number of rotatable bonds is 5. The molecular formula is C11H17F3N4. The minimum atomic E-state index is -4.06. The predicted molar refractivity (Wildman–Crippen MR) is 60.0 cm³/mol. The number of aryl methyl sites for hydroxylation is 1. The van der Waals surface area contributed by atoms with Gasteiger partial charge in [0, 0.05) is 19.4 Å². The molecule has 0 radical (unpaired) electrons. The van der Waals surface area contributed by atoms with E-state index in [-0.39, 0.29) is 6.42 Å². The first-order valence-electron chi connectivity index (χ1n) is 6.25. The van der Waals surface area contributed by atoms with Gasteiger partial charge in [-0.05, 0) is 25.8 Å². The van der Waals surface area contributed by atoms with Gasteiger partial charge in [0.1, 0.15) is 11.6 Å². The van der Waals surface area contributed by atoms with E-state index in [1.54, 1.807) is 0 Å². The van der Waals surface area contributed by atoms with Crippen LogP contribution in [0.5, 0.6) is 0 Å². The Bertz CT molecular complexity index is 386. The van der Waals surface area contributed by atoms with Gasteiger partial charge >= 0.3 is 6.18 Å². The quantitative estimate of drug-likeness (QED) is 0.826. The molecule has 2 rings (SSSR count). The Labute approximate surface area is 104 Å². The molecule has 0 bridgehead atoms. The summed E-state index contributed by atoms with van der Waals surface area (Å²) in [5, 5.41) is 11.1. The van der Waals surface area contributed by atoms with Crippen LogP contribution in [-0.4, -0.2) is 27.5 Å². The van der Waals surface area contributed by atoms with Gasteiger partial charge in [0.05, 0.1) is 6.54 Å². The van der Waals surface area contributed by atoms with E-state index < -0.39 is 12.6 Å². The molecule has 0 unspecified atom stereocenters. The van der Waals surface area contributed by atoms with E-state index in [9.17, 15) is 13.2 Å². The standard InChI is InChI=1S/C11H17F3N4/c12-11(13,14)5-3-6-15-8-10-17-16-9-4-1-2-7-18(9)10/h15H,1-8H2. The zero-order valence-corrected chi connectivity index (χ0v) is 10.1. The van der Waals surface area contributed by atoms with E-state index in [1.165, 1.54) is 0 Å². The van der Waals surface area contributed by atoms with Crippen LogP contribution in [0.2, 0.25) is 0 Å². The lowest BCUT2D eigenvalue weighted by Crippen LogP contribution is -2.21. The Morgan fingerprint density at radius 3 is 2.83 bits per heavy atom. The molecule has 1 aromatic heterocycles. The highest BCUT2D eigenvalue weighted by Gasteiger charge is 2.25. The van der Waals surface area contributed by atoms with E-state index in [1.807, 2.05) is 0 Å². The predicted octanol–water partition coefficient (Wildman–Crippen LogP) is 2.05. The molecule has 1 aliphatic rings. The summed E-state index contributed by atoms with van der Waals surface area (Å²) in [6.45, 7) is 1.76. The fourth-order valence-corrected chi connectivity index (χ4v) is 2.11. The molecule has 0 atom stereocenters. The maximum absolute atomic E-state index is 11.9. The third-order valence-corrected chi connectivity index (χ3v) is 3.03. The van der Waals surface area contributed by atoms with Gasteiger partial charge in [-0.15, -0.1) is 10.2 Å². The molecule has 7 heteroatoms. The molecule has 0 fully saturated rings. The minimum Gasteiger partial charge on any atom is -0.314 e. The summed E-state index contributed by atoms with van der Waals surface area (Å²) in [5.74, 6) is 1.82. The van der Waals surface area contributed by atoms with Crippen molar-refractivity contribution in [2.75, 3.05) is 6.54 Å². The highest BCUT2D eigenvalue weighted by atomic mass is 19.4. The Balaban J connectivity index is 1.72. The van der Waals surface area contributed by atoms with Gasteiger partial charge in [0.25, 0.3) is 0 Å². The minimum absolute atomic E-state index is 0.102. The summed E-state index contributed by atoms with van der Waals surface area (Å²) in [7, 11) is 0. The summed E-state index contributed by atoms with van der Waals surface area (Å²) in [6, 6.07) is 0. The highest BCUT2D eigenvalue weighted by Crippen LogP contribution is 2.20. The molecule has 102 valence electrons. The lowest BCUT2D eigenvalue weighted by atomic mass is 10.2. The molecule has 2 heterocycles. The van der Waals surface area contributed by atoms with Crippen molar-refractivity contribution in [1.82, 2.24) is 20.1 Å². The first-order chi connectivity index (χ1) is 8.56. The van der Waals surface area contributed by atoms with Crippen LogP contribution < -0.4 is 5.32 Å². The van der Waals surface area contributed by atoms with E-state index >= 15 is 0 Å². The normalized spacial score (nSPS) is 15.7. The average Bonchev–Trinajstić information content (AvgIpc) is 2.71. The van der Waals surface area contributed by atoms with Crippen molar-refractivity contribution in [2.24, 2.45) is 0 Å². The zero-order valence-electron chi connectivity index (χ0n) is 10.1.